The van der Waals surface area contributed by atoms with Gasteiger partial charge in [0.15, 0.2) is 0 Å². The fourth-order valence-corrected chi connectivity index (χ4v) is 2.74. The van der Waals surface area contributed by atoms with E-state index in [2.05, 4.69) is 20.5 Å². The Bertz CT molecular complexity index is 566. The fourth-order valence-electron chi connectivity index (χ4n) is 2.74. The van der Waals surface area contributed by atoms with Gasteiger partial charge in [0.2, 0.25) is 5.95 Å². The summed E-state index contributed by atoms with van der Waals surface area (Å²) in [6.45, 7) is 0.935. The van der Waals surface area contributed by atoms with Crippen LogP contribution in [0.25, 0.3) is 11.0 Å². The van der Waals surface area contributed by atoms with Crippen LogP contribution in [0.2, 0.25) is 0 Å². The van der Waals surface area contributed by atoms with E-state index in [0.29, 0.717) is 12.5 Å². The zero-order chi connectivity index (χ0) is 13.1. The number of aliphatic hydroxyl groups excluding tert-OH is 1. The predicted molar refractivity (Wildman–Crippen MR) is 73.8 cm³/mol. The number of aromatic nitrogens is 3. The van der Waals surface area contributed by atoms with Gasteiger partial charge in [-0.3, -0.25) is 0 Å². The Morgan fingerprint density at radius 3 is 2.58 bits per heavy atom. The first-order chi connectivity index (χ1) is 9.31. The van der Waals surface area contributed by atoms with E-state index in [1.165, 1.54) is 12.8 Å². The van der Waals surface area contributed by atoms with Gasteiger partial charge < -0.3 is 10.4 Å². The number of hydrogen-bond acceptors (Lipinski definition) is 5. The Hall–Kier alpha value is -1.75. The molecule has 2 aromatic rings. The Morgan fingerprint density at radius 1 is 1.11 bits per heavy atom. The van der Waals surface area contributed by atoms with Crippen LogP contribution < -0.4 is 5.32 Å². The number of para-hydroxylation sites is 1. The summed E-state index contributed by atoms with van der Waals surface area (Å²) in [6, 6.07) is 7.68. The minimum atomic E-state index is -0.00496. The number of anilines is 1. The quantitative estimate of drug-likeness (QED) is 0.877. The van der Waals surface area contributed by atoms with Gasteiger partial charge in [0.1, 0.15) is 5.52 Å². The van der Waals surface area contributed by atoms with E-state index in [0.717, 1.165) is 23.9 Å². The normalized spacial score (nSPS) is 17.7. The van der Waals surface area contributed by atoms with Crippen molar-refractivity contribution in [3.8, 4) is 0 Å². The van der Waals surface area contributed by atoms with Crippen molar-refractivity contribution >= 4 is 17.0 Å². The van der Waals surface area contributed by atoms with Crippen molar-refractivity contribution in [1.82, 2.24) is 15.2 Å². The molecule has 3 rings (SSSR count). The van der Waals surface area contributed by atoms with Gasteiger partial charge in [-0.2, -0.15) is 0 Å². The number of nitrogens with one attached hydrogen (secondary N) is 1. The topological polar surface area (TPSA) is 70.9 Å². The summed E-state index contributed by atoms with van der Waals surface area (Å²) in [4.78, 5) is 4.44. The third-order valence-corrected chi connectivity index (χ3v) is 3.98. The van der Waals surface area contributed by atoms with Crippen LogP contribution in [0.1, 0.15) is 25.7 Å². The second-order valence-corrected chi connectivity index (χ2v) is 5.34. The number of aliphatic hydroxyl groups is 1. The molecule has 1 aliphatic carbocycles. The molecule has 0 amide bonds. The molecule has 0 saturated heterocycles. The van der Waals surface area contributed by atoms with Crippen LogP contribution in [0.3, 0.4) is 0 Å². The second kappa shape index (κ2) is 5.09. The van der Waals surface area contributed by atoms with E-state index in [9.17, 15) is 5.11 Å². The van der Waals surface area contributed by atoms with Gasteiger partial charge in [-0.15, -0.1) is 10.2 Å². The highest BCUT2D eigenvalue weighted by atomic mass is 16.3. The second-order valence-electron chi connectivity index (χ2n) is 5.34. The van der Waals surface area contributed by atoms with E-state index in [1.54, 1.807) is 0 Å². The van der Waals surface area contributed by atoms with Gasteiger partial charge in [-0.1, -0.05) is 25.0 Å². The van der Waals surface area contributed by atoms with Crippen LogP contribution in [-0.2, 0) is 0 Å². The molecule has 0 unspecified atom stereocenters. The number of hydrogen-bond donors (Lipinski definition) is 2. The van der Waals surface area contributed by atoms with Gasteiger partial charge in [-0.25, -0.2) is 4.98 Å². The van der Waals surface area contributed by atoms with Crippen LogP contribution in [0.4, 0.5) is 5.95 Å². The third kappa shape index (κ3) is 2.51. The summed E-state index contributed by atoms with van der Waals surface area (Å²) in [5.41, 5.74) is 1.63. The highest BCUT2D eigenvalue weighted by Gasteiger charge is 2.33. The molecule has 0 spiro atoms. The molecule has 100 valence electrons. The molecule has 2 N–H and O–H groups in total. The van der Waals surface area contributed by atoms with E-state index in [4.69, 9.17) is 0 Å². The van der Waals surface area contributed by atoms with Crippen LogP contribution in [-0.4, -0.2) is 33.4 Å². The molecular weight excluding hydrogens is 240 g/mol. The summed E-state index contributed by atoms with van der Waals surface area (Å²) >= 11 is 0. The van der Waals surface area contributed by atoms with Crippen LogP contribution >= 0.6 is 0 Å². The van der Waals surface area contributed by atoms with Crippen molar-refractivity contribution in [2.24, 2.45) is 5.41 Å². The maximum atomic E-state index is 9.57. The molecule has 0 atom stereocenters. The number of benzene rings is 1. The third-order valence-electron chi connectivity index (χ3n) is 3.98. The van der Waals surface area contributed by atoms with Crippen molar-refractivity contribution in [3.05, 3.63) is 24.3 Å². The van der Waals surface area contributed by atoms with Gasteiger partial charge >= 0.3 is 0 Å². The van der Waals surface area contributed by atoms with Crippen molar-refractivity contribution in [1.29, 1.82) is 0 Å². The zero-order valence-corrected chi connectivity index (χ0v) is 10.8. The molecule has 1 aromatic heterocycles. The predicted octanol–water partition coefficient (Wildman–Crippen LogP) is 1.99. The Balaban J connectivity index is 1.74. The van der Waals surface area contributed by atoms with Gasteiger partial charge in [-0.05, 0) is 25.0 Å². The molecule has 0 bridgehead atoms. The summed E-state index contributed by atoms with van der Waals surface area (Å²) < 4.78 is 0. The Morgan fingerprint density at radius 2 is 1.84 bits per heavy atom. The van der Waals surface area contributed by atoms with Crippen molar-refractivity contribution in [2.45, 2.75) is 25.7 Å². The van der Waals surface area contributed by atoms with E-state index in [1.807, 2.05) is 24.3 Å². The molecule has 0 aliphatic heterocycles. The fraction of sp³-hybridized carbons (Fsp3) is 0.500. The first-order valence-electron chi connectivity index (χ1n) is 6.76. The summed E-state index contributed by atoms with van der Waals surface area (Å²) in [6.07, 6.45) is 4.52. The average molecular weight is 258 g/mol. The van der Waals surface area contributed by atoms with Crippen molar-refractivity contribution in [2.75, 3.05) is 18.5 Å². The lowest BCUT2D eigenvalue weighted by atomic mass is 9.87. The molecule has 5 heteroatoms. The smallest absolute Gasteiger partial charge is 0.243 e. The Kier molecular flexibility index (Phi) is 3.29. The minimum absolute atomic E-state index is 0.00496. The molecular formula is C14H18N4O. The lowest BCUT2D eigenvalue weighted by Gasteiger charge is -2.26. The van der Waals surface area contributed by atoms with Crippen molar-refractivity contribution in [3.63, 3.8) is 0 Å². The molecule has 5 nitrogen and oxygen atoms in total. The highest BCUT2D eigenvalue weighted by molar-refractivity contribution is 5.73. The first-order valence-corrected chi connectivity index (χ1v) is 6.76. The Labute approximate surface area is 112 Å². The van der Waals surface area contributed by atoms with Crippen LogP contribution in [0.15, 0.2) is 24.3 Å². The maximum Gasteiger partial charge on any atom is 0.243 e. The lowest BCUT2D eigenvalue weighted by molar-refractivity contribution is 0.142. The number of nitrogens with zero attached hydrogens (tertiary/aromatic N) is 3. The molecule has 1 aromatic carbocycles. The standard InChI is InChI=1S/C14H18N4O/c19-10-14(7-3-4-8-14)9-15-13-16-11-5-1-2-6-12(11)17-18-13/h1-2,5-6,19H,3-4,7-10H2,(H,15,16,18). The maximum absolute atomic E-state index is 9.57. The van der Waals surface area contributed by atoms with Crippen LogP contribution in [0, 0.1) is 5.41 Å². The van der Waals surface area contributed by atoms with Gasteiger partial charge in [0.05, 0.1) is 12.1 Å². The lowest BCUT2D eigenvalue weighted by Crippen LogP contribution is -2.31. The summed E-state index contributed by atoms with van der Waals surface area (Å²) in [7, 11) is 0. The largest absolute Gasteiger partial charge is 0.396 e. The average Bonchev–Trinajstić information content (AvgIpc) is 2.94. The molecule has 1 aliphatic rings. The van der Waals surface area contributed by atoms with Crippen molar-refractivity contribution < 1.29 is 5.11 Å². The highest BCUT2D eigenvalue weighted by Crippen LogP contribution is 2.37. The monoisotopic (exact) mass is 258 g/mol. The summed E-state index contributed by atoms with van der Waals surface area (Å²) in [5.74, 6) is 0.540. The van der Waals surface area contributed by atoms with E-state index >= 15 is 0 Å². The summed E-state index contributed by atoms with van der Waals surface area (Å²) in [5, 5.41) is 21.0. The minimum Gasteiger partial charge on any atom is -0.396 e. The van der Waals surface area contributed by atoms with E-state index < -0.39 is 0 Å². The SMILES string of the molecule is OCC1(CNc2nnc3ccccc3n2)CCCC1. The van der Waals surface area contributed by atoms with E-state index in [-0.39, 0.29) is 12.0 Å². The molecule has 0 radical (unpaired) electrons. The molecule has 1 saturated carbocycles. The number of rotatable bonds is 4. The van der Waals surface area contributed by atoms with Gasteiger partial charge in [0, 0.05) is 12.0 Å². The number of fused-ring (bicyclic) bond motifs is 1. The van der Waals surface area contributed by atoms with Gasteiger partial charge in [0.25, 0.3) is 0 Å². The molecule has 19 heavy (non-hydrogen) atoms. The first kappa shape index (κ1) is 12.3. The molecule has 1 heterocycles. The zero-order valence-electron chi connectivity index (χ0n) is 10.8. The molecule has 1 fully saturated rings. The van der Waals surface area contributed by atoms with Crippen LogP contribution in [0.5, 0.6) is 0 Å².